The Balaban J connectivity index is 2.17. The minimum Gasteiger partial charge on any atom is -0.328 e. The highest BCUT2D eigenvalue weighted by molar-refractivity contribution is 7.39. The van der Waals surface area contributed by atoms with Crippen molar-refractivity contribution in [3.8, 4) is 0 Å². The minimum atomic E-state index is -2.47. The van der Waals surface area contributed by atoms with E-state index in [0.717, 1.165) is 30.4 Å². The molecule has 4 heteroatoms. The molecule has 0 fully saturated rings. The molecule has 26 heavy (non-hydrogen) atoms. The van der Waals surface area contributed by atoms with Crippen LogP contribution >= 0.6 is 8.60 Å². The second-order valence-electron chi connectivity index (χ2n) is 6.77. The van der Waals surface area contributed by atoms with Crippen molar-refractivity contribution in [2.45, 2.75) is 63.9 Å². The maximum atomic E-state index is 9.71. The van der Waals surface area contributed by atoms with E-state index >= 15 is 0 Å². The molecule has 142 valence electrons. The smallest absolute Gasteiger partial charge is 0.328 e. The van der Waals surface area contributed by atoms with E-state index in [2.05, 4.69) is 6.92 Å². The Morgan fingerprint density at radius 1 is 0.731 bits per heavy atom. The van der Waals surface area contributed by atoms with E-state index in [-0.39, 0.29) is 0 Å². The molecule has 0 unspecified atom stereocenters. The zero-order chi connectivity index (χ0) is 18.7. The summed E-state index contributed by atoms with van der Waals surface area (Å²) in [5.74, 6) is 0. The van der Waals surface area contributed by atoms with E-state index in [1.807, 2.05) is 60.7 Å². The van der Waals surface area contributed by atoms with Gasteiger partial charge in [-0.2, -0.15) is 0 Å². The second-order valence-corrected chi connectivity index (χ2v) is 7.46. The number of unbranched alkanes of at least 4 members (excludes halogenated alkanes) is 6. The van der Waals surface area contributed by atoms with E-state index in [0.29, 0.717) is 0 Å². The number of hydrogen-bond donors (Lipinski definition) is 2. The van der Waals surface area contributed by atoms with Gasteiger partial charge >= 0.3 is 8.60 Å². The molecular formula is C22H31O3P. The Bertz CT molecular complexity index is 562. The van der Waals surface area contributed by atoms with Crippen molar-refractivity contribution >= 4 is 8.60 Å². The topological polar surface area (TPSA) is 49.7 Å². The van der Waals surface area contributed by atoms with Gasteiger partial charge in [0, 0.05) is 0 Å². The van der Waals surface area contributed by atoms with E-state index < -0.39 is 14.2 Å². The van der Waals surface area contributed by atoms with Crippen LogP contribution in [0.5, 0.6) is 0 Å². The maximum Gasteiger partial charge on any atom is 0.328 e. The molecule has 3 nitrogen and oxygen atoms in total. The van der Waals surface area contributed by atoms with Crippen LogP contribution in [0.4, 0.5) is 0 Å². The number of benzene rings is 2. The largest absolute Gasteiger partial charge is 0.328 e. The third-order valence-corrected chi connectivity index (χ3v) is 5.33. The molecule has 0 aliphatic heterocycles. The van der Waals surface area contributed by atoms with Crippen LogP contribution in [0.25, 0.3) is 0 Å². The fourth-order valence-corrected chi connectivity index (χ4v) is 4.07. The standard InChI is InChI=1S/C22H31O3P/c1-2-3-4-5-6-7-14-19-22(25-26(23)24,20-15-10-8-11-16-20)21-17-12-9-13-18-21/h8-13,15-18,23-24H,2-7,14,19H2,1H3. The minimum absolute atomic E-state index is 0.731. The Kier molecular flexibility index (Phi) is 9.28. The summed E-state index contributed by atoms with van der Waals surface area (Å²) in [6, 6.07) is 19.8. The molecule has 2 N–H and O–H groups in total. The lowest BCUT2D eigenvalue weighted by Gasteiger charge is -2.35. The predicted octanol–water partition coefficient (Wildman–Crippen LogP) is 6.30. The van der Waals surface area contributed by atoms with Gasteiger partial charge in [0.25, 0.3) is 0 Å². The van der Waals surface area contributed by atoms with Crippen LogP contribution in [0.15, 0.2) is 60.7 Å². The van der Waals surface area contributed by atoms with Gasteiger partial charge in [-0.3, -0.25) is 4.52 Å². The zero-order valence-corrected chi connectivity index (χ0v) is 16.6. The van der Waals surface area contributed by atoms with E-state index in [9.17, 15) is 9.79 Å². The van der Waals surface area contributed by atoms with Gasteiger partial charge in [0.2, 0.25) is 0 Å². The van der Waals surface area contributed by atoms with E-state index in [1.165, 1.54) is 32.1 Å². The van der Waals surface area contributed by atoms with Crippen LogP contribution in [0.3, 0.4) is 0 Å². The molecule has 0 aliphatic carbocycles. The highest BCUT2D eigenvalue weighted by Gasteiger charge is 2.37. The molecule has 0 spiro atoms. The Morgan fingerprint density at radius 3 is 1.65 bits per heavy atom. The van der Waals surface area contributed by atoms with Crippen molar-refractivity contribution in [2.75, 3.05) is 0 Å². The van der Waals surface area contributed by atoms with Crippen LogP contribution in [0, 0.1) is 0 Å². The molecule has 0 atom stereocenters. The molecule has 0 bridgehead atoms. The molecular weight excluding hydrogens is 343 g/mol. The molecule has 0 radical (unpaired) electrons. The third kappa shape index (κ3) is 6.17. The monoisotopic (exact) mass is 374 g/mol. The van der Waals surface area contributed by atoms with Gasteiger partial charge in [0.15, 0.2) is 0 Å². The van der Waals surface area contributed by atoms with Crippen LogP contribution in [-0.4, -0.2) is 9.79 Å². The summed E-state index contributed by atoms with van der Waals surface area (Å²) >= 11 is 0. The Hall–Kier alpha value is -1.25. The van der Waals surface area contributed by atoms with Gasteiger partial charge in [0.1, 0.15) is 5.60 Å². The number of hydrogen-bond acceptors (Lipinski definition) is 3. The fourth-order valence-electron chi connectivity index (χ4n) is 3.49. The van der Waals surface area contributed by atoms with Gasteiger partial charge in [-0.1, -0.05) is 106 Å². The number of rotatable bonds is 12. The molecule has 0 heterocycles. The Morgan fingerprint density at radius 2 is 1.19 bits per heavy atom. The highest BCUT2D eigenvalue weighted by Crippen LogP contribution is 2.46. The van der Waals surface area contributed by atoms with E-state index in [1.54, 1.807) is 0 Å². The second kappa shape index (κ2) is 11.5. The molecule has 0 saturated carbocycles. The van der Waals surface area contributed by atoms with Crippen LogP contribution < -0.4 is 0 Å². The molecule has 2 aromatic rings. The highest BCUT2D eigenvalue weighted by atomic mass is 31.2. The van der Waals surface area contributed by atoms with Crippen LogP contribution in [0.2, 0.25) is 0 Å². The summed E-state index contributed by atoms with van der Waals surface area (Å²) in [5.41, 5.74) is 1.11. The van der Waals surface area contributed by atoms with Crippen LogP contribution in [-0.2, 0) is 10.1 Å². The van der Waals surface area contributed by atoms with Gasteiger partial charge in [0.05, 0.1) is 0 Å². The molecule has 0 aromatic heterocycles. The lowest BCUT2D eigenvalue weighted by Crippen LogP contribution is -2.29. The predicted molar refractivity (Wildman–Crippen MR) is 109 cm³/mol. The first-order chi connectivity index (χ1) is 12.7. The summed E-state index contributed by atoms with van der Waals surface area (Å²) < 4.78 is 5.83. The lowest BCUT2D eigenvalue weighted by molar-refractivity contribution is 0.0791. The average Bonchev–Trinajstić information content (AvgIpc) is 2.67. The van der Waals surface area contributed by atoms with Gasteiger partial charge < -0.3 is 9.79 Å². The van der Waals surface area contributed by atoms with Crippen molar-refractivity contribution < 1.29 is 14.3 Å². The van der Waals surface area contributed by atoms with Crippen molar-refractivity contribution in [1.29, 1.82) is 0 Å². The van der Waals surface area contributed by atoms with E-state index in [4.69, 9.17) is 4.52 Å². The molecule has 0 saturated heterocycles. The summed E-state index contributed by atoms with van der Waals surface area (Å²) in [6.07, 6.45) is 9.19. The van der Waals surface area contributed by atoms with Crippen LogP contribution in [0.1, 0.15) is 69.4 Å². The summed E-state index contributed by atoms with van der Waals surface area (Å²) in [4.78, 5) is 19.4. The SMILES string of the molecule is CCCCCCCCCC(OP(O)O)(c1ccccc1)c1ccccc1. The molecule has 0 amide bonds. The summed E-state index contributed by atoms with van der Waals surface area (Å²) in [7, 11) is -2.47. The zero-order valence-electron chi connectivity index (χ0n) is 15.7. The summed E-state index contributed by atoms with van der Waals surface area (Å²) in [5, 5.41) is 0. The molecule has 2 rings (SSSR count). The van der Waals surface area contributed by atoms with Crippen molar-refractivity contribution in [2.24, 2.45) is 0 Å². The average molecular weight is 374 g/mol. The first-order valence-corrected chi connectivity index (χ1v) is 10.8. The fraction of sp³-hybridized carbons (Fsp3) is 0.455. The molecule has 0 aliphatic rings. The first kappa shape index (κ1) is 21.1. The van der Waals surface area contributed by atoms with Crippen molar-refractivity contribution in [3.05, 3.63) is 71.8 Å². The Labute approximate surface area is 159 Å². The van der Waals surface area contributed by atoms with Gasteiger partial charge in [-0.25, -0.2) is 0 Å². The van der Waals surface area contributed by atoms with Crippen molar-refractivity contribution in [3.63, 3.8) is 0 Å². The molecule has 2 aromatic carbocycles. The van der Waals surface area contributed by atoms with Gasteiger partial charge in [-0.15, -0.1) is 0 Å². The first-order valence-electron chi connectivity index (χ1n) is 9.67. The summed E-state index contributed by atoms with van der Waals surface area (Å²) in [6.45, 7) is 2.23. The normalized spacial score (nSPS) is 11.8. The third-order valence-electron chi connectivity index (χ3n) is 4.85. The maximum absolute atomic E-state index is 9.71. The van der Waals surface area contributed by atoms with Crippen molar-refractivity contribution in [1.82, 2.24) is 0 Å². The van der Waals surface area contributed by atoms with Gasteiger partial charge in [-0.05, 0) is 24.0 Å². The lowest BCUT2D eigenvalue weighted by atomic mass is 9.82. The quantitative estimate of drug-likeness (QED) is 0.339.